The molecule has 0 amide bonds. The number of aryl methyl sites for hydroxylation is 1. The molecule has 0 saturated carbocycles. The first-order valence-corrected chi connectivity index (χ1v) is 4.65. The Hall–Kier alpha value is -2.05. The molecule has 1 aliphatic rings. The first kappa shape index (κ1) is 8.27. The monoisotopic (exact) mass is 206 g/mol. The Bertz CT molecular complexity index is 610. The third-order valence-electron chi connectivity index (χ3n) is 2.62. The number of nitrogens with zero attached hydrogens (tertiary/aromatic N) is 4. The Morgan fingerprint density at radius 1 is 1.47 bits per heavy atom. The van der Waals surface area contributed by atoms with E-state index in [9.17, 15) is 4.79 Å². The number of aromatic nitrogens is 4. The lowest BCUT2D eigenvalue weighted by atomic mass is 10.4. The molecule has 15 heavy (non-hydrogen) atoms. The van der Waals surface area contributed by atoms with Crippen LogP contribution < -0.4 is 16.7 Å². The van der Waals surface area contributed by atoms with Gasteiger partial charge in [0.05, 0.1) is 0 Å². The molecule has 1 aliphatic heterocycles. The Labute approximate surface area is 84.5 Å². The maximum Gasteiger partial charge on any atom is 0.330 e. The van der Waals surface area contributed by atoms with Crippen LogP contribution in [0.15, 0.2) is 4.79 Å². The third-order valence-corrected chi connectivity index (χ3v) is 2.62. The minimum atomic E-state index is -0.0762. The van der Waals surface area contributed by atoms with Gasteiger partial charge < -0.3 is 11.1 Å². The van der Waals surface area contributed by atoms with Crippen LogP contribution in [0.5, 0.6) is 0 Å². The van der Waals surface area contributed by atoms with E-state index >= 15 is 0 Å². The van der Waals surface area contributed by atoms with Crippen molar-refractivity contribution in [2.75, 3.05) is 17.6 Å². The van der Waals surface area contributed by atoms with Crippen LogP contribution in [0, 0.1) is 0 Å². The number of nitrogen functional groups attached to an aromatic ring is 1. The summed E-state index contributed by atoms with van der Waals surface area (Å²) in [7, 11) is 1.68. The number of nitrogens with two attached hydrogens (primary N) is 1. The van der Waals surface area contributed by atoms with Crippen molar-refractivity contribution in [3.63, 3.8) is 0 Å². The van der Waals surface area contributed by atoms with E-state index in [0.717, 1.165) is 5.52 Å². The third kappa shape index (κ3) is 0.915. The van der Waals surface area contributed by atoms with Crippen LogP contribution in [0.4, 0.5) is 11.8 Å². The molecule has 7 heteroatoms. The molecular weight excluding hydrogens is 196 g/mol. The highest BCUT2D eigenvalue weighted by atomic mass is 16.1. The summed E-state index contributed by atoms with van der Waals surface area (Å²) in [4.78, 5) is 19.9. The molecule has 0 spiro atoms. The van der Waals surface area contributed by atoms with E-state index in [1.165, 1.54) is 4.57 Å². The fourth-order valence-electron chi connectivity index (χ4n) is 1.93. The van der Waals surface area contributed by atoms with Crippen molar-refractivity contribution in [3.8, 4) is 0 Å². The molecule has 0 radical (unpaired) electrons. The summed E-state index contributed by atoms with van der Waals surface area (Å²) in [6, 6.07) is 0. The Morgan fingerprint density at radius 2 is 2.27 bits per heavy atom. The van der Waals surface area contributed by atoms with Gasteiger partial charge in [-0.3, -0.25) is 9.13 Å². The van der Waals surface area contributed by atoms with Crippen LogP contribution in [0.3, 0.4) is 0 Å². The van der Waals surface area contributed by atoms with Gasteiger partial charge in [-0.1, -0.05) is 0 Å². The molecule has 78 valence electrons. The number of imidazole rings is 1. The van der Waals surface area contributed by atoms with Crippen LogP contribution in [-0.4, -0.2) is 25.6 Å². The van der Waals surface area contributed by atoms with Gasteiger partial charge in [0.25, 0.3) is 0 Å². The summed E-state index contributed by atoms with van der Waals surface area (Å²) in [5.41, 5.74) is 6.81. The molecule has 2 aromatic heterocycles. The maximum absolute atomic E-state index is 11.8. The standard InChI is InChI=1S/C8H10N6O/c1-13-6-4-5(11-7(9)12-6)10-2-3-14(4)8(13)15/h2-3H2,1H3,(H3,9,10,11,12). The fraction of sp³-hybridized carbons (Fsp3) is 0.375. The van der Waals surface area contributed by atoms with E-state index in [4.69, 9.17) is 5.73 Å². The van der Waals surface area contributed by atoms with Gasteiger partial charge in [-0.2, -0.15) is 9.97 Å². The van der Waals surface area contributed by atoms with Gasteiger partial charge >= 0.3 is 5.69 Å². The molecule has 3 N–H and O–H groups in total. The fourth-order valence-corrected chi connectivity index (χ4v) is 1.93. The smallest absolute Gasteiger partial charge is 0.330 e. The summed E-state index contributed by atoms with van der Waals surface area (Å²) in [6.45, 7) is 1.32. The molecule has 7 nitrogen and oxygen atoms in total. The van der Waals surface area contributed by atoms with E-state index in [0.29, 0.717) is 24.6 Å². The number of anilines is 2. The molecular formula is C8H10N6O. The van der Waals surface area contributed by atoms with Crippen molar-refractivity contribution in [3.05, 3.63) is 10.5 Å². The van der Waals surface area contributed by atoms with Crippen LogP contribution >= 0.6 is 0 Å². The second-order valence-corrected chi connectivity index (χ2v) is 3.52. The molecule has 0 bridgehead atoms. The van der Waals surface area contributed by atoms with Crippen LogP contribution in [0.2, 0.25) is 0 Å². The van der Waals surface area contributed by atoms with Crippen molar-refractivity contribution >= 4 is 22.9 Å². The van der Waals surface area contributed by atoms with Crippen molar-refractivity contribution in [2.45, 2.75) is 6.54 Å². The topological polar surface area (TPSA) is 90.8 Å². The summed E-state index contributed by atoms with van der Waals surface area (Å²) >= 11 is 0. The second kappa shape index (κ2) is 2.50. The van der Waals surface area contributed by atoms with Crippen LogP contribution in [-0.2, 0) is 13.6 Å². The van der Waals surface area contributed by atoms with E-state index in [-0.39, 0.29) is 11.6 Å². The zero-order valence-corrected chi connectivity index (χ0v) is 8.19. The van der Waals surface area contributed by atoms with Crippen molar-refractivity contribution < 1.29 is 0 Å². The van der Waals surface area contributed by atoms with Crippen molar-refractivity contribution in [1.29, 1.82) is 0 Å². The molecule has 0 saturated heterocycles. The largest absolute Gasteiger partial charge is 0.368 e. The maximum atomic E-state index is 11.8. The molecule has 2 aromatic rings. The SMILES string of the molecule is Cn1c(=O)n2c3c(nc(N)nc31)NCC2. The minimum Gasteiger partial charge on any atom is -0.368 e. The number of hydrogen-bond donors (Lipinski definition) is 2. The van der Waals surface area contributed by atoms with Gasteiger partial charge in [-0.05, 0) is 0 Å². The summed E-state index contributed by atoms with van der Waals surface area (Å²) < 4.78 is 3.16. The van der Waals surface area contributed by atoms with Gasteiger partial charge in [-0.15, -0.1) is 0 Å². The zero-order chi connectivity index (χ0) is 10.6. The summed E-state index contributed by atoms with van der Waals surface area (Å²) in [5, 5.41) is 3.10. The highest BCUT2D eigenvalue weighted by molar-refractivity contribution is 5.85. The lowest BCUT2D eigenvalue weighted by Crippen LogP contribution is -2.27. The molecule has 3 heterocycles. The van der Waals surface area contributed by atoms with E-state index in [1.807, 2.05) is 0 Å². The quantitative estimate of drug-likeness (QED) is 0.585. The first-order valence-electron chi connectivity index (χ1n) is 4.65. The number of rotatable bonds is 0. The van der Waals surface area contributed by atoms with Gasteiger partial charge in [0.2, 0.25) is 5.95 Å². The van der Waals surface area contributed by atoms with E-state index < -0.39 is 0 Å². The molecule has 0 aromatic carbocycles. The minimum absolute atomic E-state index is 0.0762. The first-order chi connectivity index (χ1) is 7.18. The van der Waals surface area contributed by atoms with Gasteiger partial charge in [-0.25, -0.2) is 4.79 Å². The van der Waals surface area contributed by atoms with Gasteiger partial charge in [0.15, 0.2) is 11.5 Å². The van der Waals surface area contributed by atoms with Crippen LogP contribution in [0.1, 0.15) is 0 Å². The number of hydrogen-bond acceptors (Lipinski definition) is 5. The average Bonchev–Trinajstić information content (AvgIpc) is 2.46. The second-order valence-electron chi connectivity index (χ2n) is 3.52. The molecule has 0 unspecified atom stereocenters. The normalized spacial score (nSPS) is 14.2. The molecule has 0 fully saturated rings. The van der Waals surface area contributed by atoms with Crippen molar-refractivity contribution in [2.24, 2.45) is 7.05 Å². The van der Waals surface area contributed by atoms with Gasteiger partial charge in [0.1, 0.15) is 5.52 Å². The summed E-state index contributed by atoms with van der Waals surface area (Å²) in [5.74, 6) is 0.820. The number of nitrogens with one attached hydrogen (secondary N) is 1. The highest BCUT2D eigenvalue weighted by Crippen LogP contribution is 2.22. The van der Waals surface area contributed by atoms with E-state index in [1.54, 1.807) is 11.6 Å². The average molecular weight is 206 g/mol. The Balaban J connectivity index is 2.59. The van der Waals surface area contributed by atoms with Crippen molar-refractivity contribution in [1.82, 2.24) is 19.1 Å². The van der Waals surface area contributed by atoms with E-state index in [2.05, 4.69) is 15.3 Å². The molecule has 3 rings (SSSR count). The molecule has 0 atom stereocenters. The predicted molar refractivity (Wildman–Crippen MR) is 55.7 cm³/mol. The highest BCUT2D eigenvalue weighted by Gasteiger charge is 2.20. The van der Waals surface area contributed by atoms with Crippen LogP contribution in [0.25, 0.3) is 11.2 Å². The Morgan fingerprint density at radius 3 is 3.07 bits per heavy atom. The summed E-state index contributed by atoms with van der Waals surface area (Å²) in [6.07, 6.45) is 0. The predicted octanol–water partition coefficient (Wildman–Crippen LogP) is -0.862. The molecule has 0 aliphatic carbocycles. The zero-order valence-electron chi connectivity index (χ0n) is 8.19. The van der Waals surface area contributed by atoms with Gasteiger partial charge in [0, 0.05) is 20.1 Å². The Kier molecular flexibility index (Phi) is 1.38. The lowest BCUT2D eigenvalue weighted by Gasteiger charge is -2.14. The lowest BCUT2D eigenvalue weighted by molar-refractivity contribution is 0.677.